The number of benzene rings is 1. The molecule has 21 heavy (non-hydrogen) atoms. The van der Waals surface area contributed by atoms with E-state index in [1.807, 2.05) is 4.90 Å². The quantitative estimate of drug-likeness (QED) is 0.866. The van der Waals surface area contributed by atoms with Gasteiger partial charge in [-0.25, -0.2) is 4.39 Å². The molecule has 1 aromatic rings. The summed E-state index contributed by atoms with van der Waals surface area (Å²) in [5.74, 6) is 0.565. The lowest BCUT2D eigenvalue weighted by molar-refractivity contribution is 0.0783. The summed E-state index contributed by atoms with van der Waals surface area (Å²) in [6.45, 7) is 3.19. The summed E-state index contributed by atoms with van der Waals surface area (Å²) in [5, 5.41) is 0. The molecule has 1 aliphatic heterocycles. The minimum atomic E-state index is -0.316. The van der Waals surface area contributed by atoms with Gasteiger partial charge in [-0.3, -0.25) is 4.79 Å². The number of rotatable bonds is 1. The molecule has 2 fully saturated rings. The van der Waals surface area contributed by atoms with Crippen LogP contribution >= 0.6 is 12.4 Å². The normalized spacial score (nSPS) is 28.0. The van der Waals surface area contributed by atoms with Crippen LogP contribution in [0, 0.1) is 24.6 Å². The highest BCUT2D eigenvalue weighted by Gasteiger charge is 2.40. The number of nitrogens with zero attached hydrogens (tertiary/aromatic N) is 1. The van der Waals surface area contributed by atoms with Crippen LogP contribution in [0.3, 0.4) is 0 Å². The van der Waals surface area contributed by atoms with Gasteiger partial charge in [-0.1, -0.05) is 12.5 Å². The number of halogens is 2. The van der Waals surface area contributed by atoms with Gasteiger partial charge in [-0.15, -0.1) is 12.4 Å². The topological polar surface area (TPSA) is 46.3 Å². The van der Waals surface area contributed by atoms with E-state index in [0.717, 1.165) is 32.4 Å². The Morgan fingerprint density at radius 3 is 2.76 bits per heavy atom. The molecule has 3 rings (SSSR count). The lowest BCUT2D eigenvalue weighted by Crippen LogP contribution is -2.38. The molecule has 2 N–H and O–H groups in total. The van der Waals surface area contributed by atoms with Crippen molar-refractivity contribution in [2.24, 2.45) is 17.6 Å². The molecule has 1 aromatic carbocycles. The van der Waals surface area contributed by atoms with Crippen molar-refractivity contribution in [1.29, 1.82) is 0 Å². The Morgan fingerprint density at radius 1 is 1.33 bits per heavy atom. The average Bonchev–Trinajstić information content (AvgIpc) is 2.86. The first-order valence-electron chi connectivity index (χ1n) is 7.37. The maximum atomic E-state index is 13.6. The summed E-state index contributed by atoms with van der Waals surface area (Å²) >= 11 is 0. The molecule has 1 amide bonds. The van der Waals surface area contributed by atoms with Crippen LogP contribution < -0.4 is 5.73 Å². The molecule has 3 unspecified atom stereocenters. The summed E-state index contributed by atoms with van der Waals surface area (Å²) in [5.41, 5.74) is 7.18. The third-order valence-electron chi connectivity index (χ3n) is 4.86. The number of carbonyl (C=O) groups is 1. The van der Waals surface area contributed by atoms with Crippen molar-refractivity contribution in [3.63, 3.8) is 0 Å². The first-order valence-corrected chi connectivity index (χ1v) is 7.37. The van der Waals surface area contributed by atoms with E-state index in [2.05, 4.69) is 0 Å². The summed E-state index contributed by atoms with van der Waals surface area (Å²) in [6, 6.07) is 4.93. The Morgan fingerprint density at radius 2 is 2.10 bits per heavy atom. The molecule has 116 valence electrons. The van der Waals surface area contributed by atoms with Crippen molar-refractivity contribution in [2.75, 3.05) is 13.1 Å². The summed E-state index contributed by atoms with van der Waals surface area (Å²) in [4.78, 5) is 14.3. The SMILES string of the molecule is Cc1ccc(C(=O)N2CC3CCCC(N)C3C2)cc1F.Cl. The summed E-state index contributed by atoms with van der Waals surface area (Å²) < 4.78 is 13.6. The molecule has 3 nitrogen and oxygen atoms in total. The molecule has 3 atom stereocenters. The number of carbonyl (C=O) groups excluding carboxylic acids is 1. The zero-order valence-corrected chi connectivity index (χ0v) is 13.0. The van der Waals surface area contributed by atoms with Gasteiger partial charge in [0.15, 0.2) is 0 Å². The van der Waals surface area contributed by atoms with Gasteiger partial charge >= 0.3 is 0 Å². The van der Waals surface area contributed by atoms with Crippen LogP contribution in [0.1, 0.15) is 35.2 Å². The Balaban J connectivity index is 0.00000161. The monoisotopic (exact) mass is 312 g/mol. The lowest BCUT2D eigenvalue weighted by atomic mass is 9.78. The summed E-state index contributed by atoms with van der Waals surface area (Å²) in [6.07, 6.45) is 3.37. The fraction of sp³-hybridized carbons (Fsp3) is 0.562. The van der Waals surface area contributed by atoms with Crippen LogP contribution in [-0.4, -0.2) is 29.9 Å². The molecule has 0 aromatic heterocycles. The van der Waals surface area contributed by atoms with Crippen molar-refractivity contribution in [3.8, 4) is 0 Å². The molecule has 0 radical (unpaired) electrons. The molecule has 0 spiro atoms. The second kappa shape index (κ2) is 6.32. The van der Waals surface area contributed by atoms with Crippen molar-refractivity contribution < 1.29 is 9.18 Å². The van der Waals surface area contributed by atoms with Gasteiger partial charge in [0, 0.05) is 24.7 Å². The number of fused-ring (bicyclic) bond motifs is 1. The maximum Gasteiger partial charge on any atom is 0.253 e. The van der Waals surface area contributed by atoms with Crippen molar-refractivity contribution >= 4 is 18.3 Å². The number of likely N-dealkylation sites (tertiary alicyclic amines) is 1. The average molecular weight is 313 g/mol. The van der Waals surface area contributed by atoms with Gasteiger partial charge in [0.25, 0.3) is 5.91 Å². The van der Waals surface area contributed by atoms with Crippen LogP contribution in [-0.2, 0) is 0 Å². The number of aryl methyl sites for hydroxylation is 1. The number of hydrogen-bond donors (Lipinski definition) is 1. The highest BCUT2D eigenvalue weighted by atomic mass is 35.5. The molecule has 1 saturated heterocycles. The predicted octanol–water partition coefficient (Wildman–Crippen LogP) is 2.76. The molecule has 2 aliphatic rings. The zero-order chi connectivity index (χ0) is 14.3. The highest BCUT2D eigenvalue weighted by molar-refractivity contribution is 5.94. The number of hydrogen-bond acceptors (Lipinski definition) is 2. The van der Waals surface area contributed by atoms with E-state index in [0.29, 0.717) is 23.0 Å². The van der Waals surface area contributed by atoms with E-state index in [1.165, 1.54) is 6.07 Å². The van der Waals surface area contributed by atoms with Crippen LogP contribution in [0.15, 0.2) is 18.2 Å². The molecule has 1 heterocycles. The second-order valence-electron chi connectivity index (χ2n) is 6.19. The van der Waals surface area contributed by atoms with E-state index >= 15 is 0 Å². The largest absolute Gasteiger partial charge is 0.338 e. The van der Waals surface area contributed by atoms with Gasteiger partial charge in [0.05, 0.1) is 0 Å². The standard InChI is InChI=1S/C16H21FN2O.ClH/c1-10-5-6-11(7-14(10)17)16(20)19-8-12-3-2-4-15(18)13(12)9-19;/h5-7,12-13,15H,2-4,8-9,18H2,1H3;1H. The third kappa shape index (κ3) is 3.06. The number of nitrogens with two attached hydrogens (primary N) is 1. The van der Waals surface area contributed by atoms with E-state index < -0.39 is 0 Å². The van der Waals surface area contributed by atoms with Gasteiger partial charge in [0.2, 0.25) is 0 Å². The van der Waals surface area contributed by atoms with Crippen LogP contribution in [0.4, 0.5) is 4.39 Å². The van der Waals surface area contributed by atoms with E-state index in [4.69, 9.17) is 5.73 Å². The Kier molecular flexibility index (Phi) is 4.89. The van der Waals surface area contributed by atoms with Gasteiger partial charge in [-0.05, 0) is 49.3 Å². The second-order valence-corrected chi connectivity index (χ2v) is 6.19. The highest BCUT2D eigenvalue weighted by Crippen LogP contribution is 2.36. The van der Waals surface area contributed by atoms with Crippen LogP contribution in [0.5, 0.6) is 0 Å². The zero-order valence-electron chi connectivity index (χ0n) is 12.2. The van der Waals surface area contributed by atoms with Crippen molar-refractivity contribution in [3.05, 3.63) is 35.1 Å². The Hall–Kier alpha value is -1.13. The first kappa shape index (κ1) is 16.2. The van der Waals surface area contributed by atoms with Gasteiger partial charge in [-0.2, -0.15) is 0 Å². The molecular weight excluding hydrogens is 291 g/mol. The smallest absolute Gasteiger partial charge is 0.253 e. The fourth-order valence-electron chi connectivity index (χ4n) is 3.59. The first-order chi connectivity index (χ1) is 9.56. The van der Waals surface area contributed by atoms with E-state index in [-0.39, 0.29) is 30.2 Å². The minimum absolute atomic E-state index is 0. The predicted molar refractivity (Wildman–Crippen MR) is 83.1 cm³/mol. The number of amides is 1. The Bertz CT molecular complexity index is 537. The van der Waals surface area contributed by atoms with E-state index in [9.17, 15) is 9.18 Å². The third-order valence-corrected chi connectivity index (χ3v) is 4.86. The molecule has 1 aliphatic carbocycles. The fourth-order valence-corrected chi connectivity index (χ4v) is 3.59. The van der Waals surface area contributed by atoms with Crippen LogP contribution in [0.2, 0.25) is 0 Å². The van der Waals surface area contributed by atoms with Crippen molar-refractivity contribution in [2.45, 2.75) is 32.2 Å². The van der Waals surface area contributed by atoms with E-state index in [1.54, 1.807) is 19.1 Å². The molecule has 1 saturated carbocycles. The van der Waals surface area contributed by atoms with Crippen molar-refractivity contribution in [1.82, 2.24) is 4.90 Å². The molecule has 5 heteroatoms. The molecule has 0 bridgehead atoms. The summed E-state index contributed by atoms with van der Waals surface area (Å²) in [7, 11) is 0. The molecular formula is C16H22ClFN2O. The maximum absolute atomic E-state index is 13.6. The van der Waals surface area contributed by atoms with Crippen LogP contribution in [0.25, 0.3) is 0 Å². The van der Waals surface area contributed by atoms with Gasteiger partial charge in [0.1, 0.15) is 5.82 Å². The Labute approximate surface area is 131 Å². The minimum Gasteiger partial charge on any atom is -0.338 e. The lowest BCUT2D eigenvalue weighted by Gasteiger charge is -2.29. The van der Waals surface area contributed by atoms with Gasteiger partial charge < -0.3 is 10.6 Å².